The summed E-state index contributed by atoms with van der Waals surface area (Å²) in [5, 5.41) is 8.72. The molecule has 8 heteroatoms. The zero-order valence-electron chi connectivity index (χ0n) is 13.4. The Kier molecular flexibility index (Phi) is 4.70. The molecular weight excluding hydrogens is 316 g/mol. The summed E-state index contributed by atoms with van der Waals surface area (Å²) in [6, 6.07) is 4.87. The van der Waals surface area contributed by atoms with Gasteiger partial charge in [0, 0.05) is 24.8 Å². The fourth-order valence-electron chi connectivity index (χ4n) is 2.98. The average Bonchev–Trinajstić information content (AvgIpc) is 2.78. The number of methoxy groups -OCH3 is 1. The number of benzene rings is 1. The van der Waals surface area contributed by atoms with Gasteiger partial charge >= 0.3 is 0 Å². The van der Waals surface area contributed by atoms with Crippen molar-refractivity contribution in [3.8, 4) is 5.75 Å². The summed E-state index contributed by atoms with van der Waals surface area (Å²) in [6.45, 7) is 2.21. The number of rotatable bonds is 4. The fraction of sp³-hybridized carbons (Fsp3) is 0.500. The van der Waals surface area contributed by atoms with E-state index < -0.39 is 11.3 Å². The van der Waals surface area contributed by atoms with Gasteiger partial charge < -0.3 is 19.1 Å². The standard InChI is InChI=1S/C16H20N2O6/c1-22-8-16(9-23-10-16)15(20)18-4-5-24-13-6-11(14(19)17-21)2-3-12(13)7-18/h2-3,6,21H,4-5,7-10H2,1H3,(H,17,19). The largest absolute Gasteiger partial charge is 0.491 e. The monoisotopic (exact) mass is 336 g/mol. The minimum Gasteiger partial charge on any atom is -0.491 e. The molecule has 1 aromatic carbocycles. The first-order valence-corrected chi connectivity index (χ1v) is 7.66. The number of hydrogen-bond acceptors (Lipinski definition) is 6. The van der Waals surface area contributed by atoms with E-state index in [1.807, 2.05) is 0 Å². The second-order valence-corrected chi connectivity index (χ2v) is 6.04. The Morgan fingerprint density at radius 3 is 2.83 bits per heavy atom. The van der Waals surface area contributed by atoms with E-state index in [1.165, 1.54) is 0 Å². The number of ether oxygens (including phenoxy) is 3. The van der Waals surface area contributed by atoms with Crippen LogP contribution in [0.1, 0.15) is 15.9 Å². The van der Waals surface area contributed by atoms with Gasteiger partial charge in [-0.2, -0.15) is 0 Å². The molecule has 2 N–H and O–H groups in total. The van der Waals surface area contributed by atoms with Crippen molar-refractivity contribution in [2.75, 3.05) is 40.1 Å². The van der Waals surface area contributed by atoms with Gasteiger partial charge in [0.25, 0.3) is 5.91 Å². The second kappa shape index (κ2) is 6.76. The Bertz CT molecular complexity index is 643. The van der Waals surface area contributed by atoms with Gasteiger partial charge in [-0.05, 0) is 12.1 Å². The molecule has 2 heterocycles. The Morgan fingerprint density at radius 1 is 1.42 bits per heavy atom. The highest BCUT2D eigenvalue weighted by Gasteiger charge is 2.48. The Morgan fingerprint density at radius 2 is 2.21 bits per heavy atom. The SMILES string of the molecule is COCC1(C(=O)N2CCOc3cc(C(=O)NO)ccc3C2)COC1. The molecule has 1 fully saturated rings. The zero-order valence-corrected chi connectivity index (χ0v) is 13.4. The molecule has 2 aliphatic rings. The van der Waals surface area contributed by atoms with E-state index in [2.05, 4.69) is 0 Å². The van der Waals surface area contributed by atoms with Crippen molar-refractivity contribution in [3.63, 3.8) is 0 Å². The molecule has 1 saturated heterocycles. The molecule has 24 heavy (non-hydrogen) atoms. The van der Waals surface area contributed by atoms with Crippen molar-refractivity contribution in [2.45, 2.75) is 6.54 Å². The van der Waals surface area contributed by atoms with Crippen LogP contribution in [0, 0.1) is 5.41 Å². The number of carbonyl (C=O) groups is 2. The van der Waals surface area contributed by atoms with Crippen molar-refractivity contribution in [3.05, 3.63) is 29.3 Å². The fourth-order valence-corrected chi connectivity index (χ4v) is 2.98. The molecule has 2 amide bonds. The molecule has 130 valence electrons. The summed E-state index contributed by atoms with van der Waals surface area (Å²) in [7, 11) is 1.57. The van der Waals surface area contributed by atoms with E-state index in [9.17, 15) is 9.59 Å². The smallest absolute Gasteiger partial charge is 0.274 e. The Balaban J connectivity index is 1.80. The van der Waals surface area contributed by atoms with Crippen LogP contribution in [-0.4, -0.2) is 62.0 Å². The van der Waals surface area contributed by atoms with Crippen molar-refractivity contribution >= 4 is 11.8 Å². The van der Waals surface area contributed by atoms with Gasteiger partial charge in [-0.1, -0.05) is 6.07 Å². The van der Waals surface area contributed by atoms with Crippen LogP contribution in [0.3, 0.4) is 0 Å². The molecule has 3 rings (SSSR count). The lowest BCUT2D eigenvalue weighted by atomic mass is 9.85. The van der Waals surface area contributed by atoms with E-state index >= 15 is 0 Å². The molecule has 0 spiro atoms. The van der Waals surface area contributed by atoms with Crippen molar-refractivity contribution in [2.24, 2.45) is 5.41 Å². The van der Waals surface area contributed by atoms with Gasteiger partial charge in [0.05, 0.1) is 26.4 Å². The minimum atomic E-state index is -0.615. The van der Waals surface area contributed by atoms with E-state index in [1.54, 1.807) is 35.7 Å². The lowest BCUT2D eigenvalue weighted by Crippen LogP contribution is -2.57. The van der Waals surface area contributed by atoms with E-state index in [0.29, 0.717) is 50.8 Å². The molecule has 0 saturated carbocycles. The lowest BCUT2D eigenvalue weighted by molar-refractivity contribution is -0.183. The maximum Gasteiger partial charge on any atom is 0.274 e. The zero-order chi connectivity index (χ0) is 17.2. The highest BCUT2D eigenvalue weighted by Crippen LogP contribution is 2.33. The van der Waals surface area contributed by atoms with Crippen molar-refractivity contribution in [1.82, 2.24) is 10.4 Å². The quantitative estimate of drug-likeness (QED) is 0.602. The average molecular weight is 336 g/mol. The number of hydroxylamine groups is 1. The van der Waals surface area contributed by atoms with Crippen LogP contribution in [0.4, 0.5) is 0 Å². The second-order valence-electron chi connectivity index (χ2n) is 6.04. The van der Waals surface area contributed by atoms with Gasteiger partial charge in [-0.25, -0.2) is 5.48 Å². The van der Waals surface area contributed by atoms with Crippen molar-refractivity contribution < 1.29 is 29.0 Å². The highest BCUT2D eigenvalue weighted by molar-refractivity contribution is 5.94. The van der Waals surface area contributed by atoms with E-state index in [0.717, 1.165) is 5.56 Å². The summed E-state index contributed by atoms with van der Waals surface area (Å²) in [4.78, 5) is 26.1. The van der Waals surface area contributed by atoms with Gasteiger partial charge in [0.15, 0.2) is 0 Å². The van der Waals surface area contributed by atoms with E-state index in [4.69, 9.17) is 19.4 Å². The molecule has 2 aliphatic heterocycles. The number of nitrogens with one attached hydrogen (secondary N) is 1. The summed E-state index contributed by atoms with van der Waals surface area (Å²) in [5.41, 5.74) is 2.08. The number of amides is 2. The van der Waals surface area contributed by atoms with E-state index in [-0.39, 0.29) is 5.91 Å². The summed E-state index contributed by atoms with van der Waals surface area (Å²) >= 11 is 0. The van der Waals surface area contributed by atoms with Crippen LogP contribution >= 0.6 is 0 Å². The summed E-state index contributed by atoms with van der Waals surface area (Å²) < 4.78 is 16.1. The molecule has 8 nitrogen and oxygen atoms in total. The molecule has 0 aliphatic carbocycles. The molecule has 1 aromatic rings. The number of hydrogen-bond donors (Lipinski definition) is 2. The molecule has 0 bridgehead atoms. The number of carbonyl (C=O) groups excluding carboxylic acids is 2. The Labute approximate surface area is 139 Å². The molecule has 0 aromatic heterocycles. The highest BCUT2D eigenvalue weighted by atomic mass is 16.5. The molecule has 0 unspecified atom stereocenters. The third kappa shape index (κ3) is 2.95. The first kappa shape index (κ1) is 16.7. The third-order valence-electron chi connectivity index (χ3n) is 4.33. The summed E-state index contributed by atoms with van der Waals surface area (Å²) in [5.74, 6) is -0.0782. The van der Waals surface area contributed by atoms with Gasteiger partial charge in [-0.15, -0.1) is 0 Å². The molecule has 0 atom stereocenters. The minimum absolute atomic E-state index is 0.00997. The predicted octanol–water partition coefficient (Wildman–Crippen LogP) is 0.190. The number of nitrogens with zero attached hydrogens (tertiary/aromatic N) is 1. The lowest BCUT2D eigenvalue weighted by Gasteiger charge is -2.42. The van der Waals surface area contributed by atoms with Crippen molar-refractivity contribution in [1.29, 1.82) is 0 Å². The third-order valence-corrected chi connectivity index (χ3v) is 4.33. The first-order chi connectivity index (χ1) is 11.6. The van der Waals surface area contributed by atoms with Gasteiger partial charge in [-0.3, -0.25) is 14.8 Å². The maximum atomic E-state index is 12.9. The van der Waals surface area contributed by atoms with Crippen LogP contribution < -0.4 is 10.2 Å². The van der Waals surface area contributed by atoms with Crippen LogP contribution in [0.5, 0.6) is 5.75 Å². The van der Waals surface area contributed by atoms with Crippen LogP contribution in [0.25, 0.3) is 0 Å². The summed E-state index contributed by atoms with van der Waals surface area (Å²) in [6.07, 6.45) is 0. The van der Waals surface area contributed by atoms with Gasteiger partial charge in [0.2, 0.25) is 5.91 Å². The predicted molar refractivity (Wildman–Crippen MR) is 81.7 cm³/mol. The van der Waals surface area contributed by atoms with Crippen LogP contribution in [-0.2, 0) is 20.8 Å². The van der Waals surface area contributed by atoms with Crippen LogP contribution in [0.2, 0.25) is 0 Å². The number of fused-ring (bicyclic) bond motifs is 1. The normalized spacial score (nSPS) is 18.7. The first-order valence-electron chi connectivity index (χ1n) is 7.66. The van der Waals surface area contributed by atoms with Gasteiger partial charge in [0.1, 0.15) is 17.8 Å². The molecular formula is C16H20N2O6. The molecule has 0 radical (unpaired) electrons. The Hall–Kier alpha value is -2.16. The topological polar surface area (TPSA) is 97.3 Å². The van der Waals surface area contributed by atoms with Crippen LogP contribution in [0.15, 0.2) is 18.2 Å². The maximum absolute atomic E-state index is 12.9.